The summed E-state index contributed by atoms with van der Waals surface area (Å²) in [5.41, 5.74) is 2.07. The van der Waals surface area contributed by atoms with Crippen LogP contribution < -0.4 is 16.0 Å². The summed E-state index contributed by atoms with van der Waals surface area (Å²) in [6.07, 6.45) is 1.22. The lowest BCUT2D eigenvalue weighted by atomic mass is 10.2. The Morgan fingerprint density at radius 2 is 2.24 bits per heavy atom. The molecule has 1 heterocycles. The van der Waals surface area contributed by atoms with Crippen LogP contribution in [0.4, 0.5) is 16.0 Å². The molecule has 0 radical (unpaired) electrons. The van der Waals surface area contributed by atoms with Crippen LogP contribution in [0.3, 0.4) is 0 Å². The van der Waals surface area contributed by atoms with E-state index in [1.165, 1.54) is 19.2 Å². The van der Waals surface area contributed by atoms with Gasteiger partial charge in [0.05, 0.1) is 17.2 Å². The van der Waals surface area contributed by atoms with Crippen molar-refractivity contribution < 1.29 is 14.1 Å². The van der Waals surface area contributed by atoms with Gasteiger partial charge in [0, 0.05) is 5.56 Å². The minimum Gasteiger partial charge on any atom is -0.434 e. The molecule has 0 spiro atoms. The Kier molecular flexibility index (Phi) is 4.15. The second-order valence-corrected chi connectivity index (χ2v) is 4.33. The van der Waals surface area contributed by atoms with Gasteiger partial charge in [0.1, 0.15) is 5.02 Å². The van der Waals surface area contributed by atoms with E-state index < -0.39 is 10.7 Å². The third-order valence-corrected chi connectivity index (χ3v) is 2.75. The SMILES string of the molecule is Cc1cc(Oc2nc(NN)ncc2Cl)c(F)cc1[N+](=O)[O-]. The number of nitrogens with one attached hydrogen (secondary N) is 1. The highest BCUT2D eigenvalue weighted by atomic mass is 35.5. The van der Waals surface area contributed by atoms with Crippen molar-refractivity contribution in [3.63, 3.8) is 0 Å². The van der Waals surface area contributed by atoms with Crippen LogP contribution in [0.25, 0.3) is 0 Å². The van der Waals surface area contributed by atoms with Crippen molar-refractivity contribution in [1.82, 2.24) is 9.97 Å². The van der Waals surface area contributed by atoms with Crippen LogP contribution in [0.1, 0.15) is 5.56 Å². The van der Waals surface area contributed by atoms with Gasteiger partial charge in [-0.25, -0.2) is 15.2 Å². The Hall–Kier alpha value is -2.52. The smallest absolute Gasteiger partial charge is 0.275 e. The van der Waals surface area contributed by atoms with Gasteiger partial charge in [-0.2, -0.15) is 4.98 Å². The van der Waals surface area contributed by atoms with Crippen LogP contribution in [0.15, 0.2) is 18.3 Å². The minimum absolute atomic E-state index is 0.0217. The molecule has 0 saturated heterocycles. The van der Waals surface area contributed by atoms with E-state index >= 15 is 0 Å². The van der Waals surface area contributed by atoms with Gasteiger partial charge >= 0.3 is 0 Å². The molecule has 0 amide bonds. The second kappa shape index (κ2) is 5.85. The highest BCUT2D eigenvalue weighted by Crippen LogP contribution is 2.32. The van der Waals surface area contributed by atoms with Crippen molar-refractivity contribution >= 4 is 23.2 Å². The summed E-state index contributed by atoms with van der Waals surface area (Å²) in [4.78, 5) is 17.6. The molecule has 0 saturated carbocycles. The number of rotatable bonds is 4. The molecule has 1 aromatic carbocycles. The van der Waals surface area contributed by atoms with Gasteiger partial charge in [-0.15, -0.1) is 0 Å². The van der Waals surface area contributed by atoms with Crippen LogP contribution in [-0.4, -0.2) is 14.9 Å². The number of hydrazine groups is 1. The molecule has 21 heavy (non-hydrogen) atoms. The van der Waals surface area contributed by atoms with E-state index in [9.17, 15) is 14.5 Å². The Bertz CT molecular complexity index is 712. The zero-order valence-electron chi connectivity index (χ0n) is 10.6. The molecular weight excluding hydrogens is 305 g/mol. The summed E-state index contributed by atoms with van der Waals surface area (Å²) >= 11 is 5.83. The number of nitrogens with two attached hydrogens (primary N) is 1. The fourth-order valence-electron chi connectivity index (χ4n) is 1.52. The molecule has 0 aliphatic carbocycles. The van der Waals surface area contributed by atoms with Crippen molar-refractivity contribution in [2.75, 3.05) is 5.43 Å². The molecule has 10 heteroatoms. The van der Waals surface area contributed by atoms with Crippen LogP contribution in [0, 0.1) is 22.9 Å². The van der Waals surface area contributed by atoms with Gasteiger partial charge in [-0.1, -0.05) is 11.6 Å². The fourth-order valence-corrected chi connectivity index (χ4v) is 1.65. The number of aryl methyl sites for hydroxylation is 1. The standard InChI is InChI=1S/C11H9ClFN5O3/c1-5-2-9(7(13)3-8(5)18(19)20)21-10-6(12)4-15-11(16-10)17-14/h2-4H,14H2,1H3,(H,15,16,17). The van der Waals surface area contributed by atoms with E-state index in [1.54, 1.807) is 0 Å². The molecule has 3 N–H and O–H groups in total. The number of hydrogen-bond donors (Lipinski definition) is 2. The predicted molar refractivity (Wildman–Crippen MR) is 72.7 cm³/mol. The summed E-state index contributed by atoms with van der Waals surface area (Å²) in [7, 11) is 0. The second-order valence-electron chi connectivity index (χ2n) is 3.92. The number of nitrogens with zero attached hydrogens (tertiary/aromatic N) is 3. The number of aromatic nitrogens is 2. The molecule has 110 valence electrons. The Balaban J connectivity index is 2.40. The predicted octanol–water partition coefficient (Wildman–Crippen LogP) is 2.56. The molecule has 0 bridgehead atoms. The lowest BCUT2D eigenvalue weighted by molar-refractivity contribution is -0.385. The summed E-state index contributed by atoms with van der Waals surface area (Å²) in [6, 6.07) is 1.95. The number of benzene rings is 1. The fraction of sp³-hybridized carbons (Fsp3) is 0.0909. The first kappa shape index (κ1) is 14.9. The highest BCUT2D eigenvalue weighted by molar-refractivity contribution is 6.31. The maximum Gasteiger partial charge on any atom is 0.275 e. The van der Waals surface area contributed by atoms with Crippen LogP contribution in [-0.2, 0) is 0 Å². The zero-order chi connectivity index (χ0) is 15.6. The topological polar surface area (TPSA) is 116 Å². The van der Waals surface area contributed by atoms with Gasteiger partial charge < -0.3 is 4.74 Å². The third kappa shape index (κ3) is 3.15. The van der Waals surface area contributed by atoms with Crippen molar-refractivity contribution in [3.05, 3.63) is 44.8 Å². The van der Waals surface area contributed by atoms with Crippen LogP contribution in [0.2, 0.25) is 5.02 Å². The van der Waals surface area contributed by atoms with E-state index in [4.69, 9.17) is 22.2 Å². The van der Waals surface area contributed by atoms with E-state index in [2.05, 4.69) is 15.4 Å². The molecule has 0 fully saturated rings. The first-order valence-electron chi connectivity index (χ1n) is 5.54. The van der Waals surface area contributed by atoms with Crippen LogP contribution in [0.5, 0.6) is 11.6 Å². The van der Waals surface area contributed by atoms with E-state index in [-0.39, 0.29) is 33.9 Å². The molecule has 0 atom stereocenters. The Morgan fingerprint density at radius 3 is 2.86 bits per heavy atom. The normalized spacial score (nSPS) is 10.3. The molecule has 0 aliphatic heterocycles. The summed E-state index contributed by atoms with van der Waals surface area (Å²) in [6.45, 7) is 1.46. The van der Waals surface area contributed by atoms with Crippen LogP contribution >= 0.6 is 11.6 Å². The van der Waals surface area contributed by atoms with E-state index in [0.29, 0.717) is 0 Å². The third-order valence-electron chi connectivity index (χ3n) is 2.49. The minimum atomic E-state index is -0.913. The number of hydrogen-bond acceptors (Lipinski definition) is 7. The lowest BCUT2D eigenvalue weighted by Gasteiger charge is -2.09. The van der Waals surface area contributed by atoms with E-state index in [1.807, 2.05) is 0 Å². The molecule has 8 nitrogen and oxygen atoms in total. The van der Waals surface area contributed by atoms with Gasteiger partial charge in [0.15, 0.2) is 11.6 Å². The van der Waals surface area contributed by atoms with Gasteiger partial charge in [-0.3, -0.25) is 15.5 Å². The van der Waals surface area contributed by atoms with Gasteiger partial charge in [0.25, 0.3) is 5.69 Å². The summed E-state index contributed by atoms with van der Waals surface area (Å²) in [5, 5.41) is 10.7. The zero-order valence-corrected chi connectivity index (χ0v) is 11.4. The number of halogens is 2. The summed E-state index contributed by atoms with van der Waals surface area (Å²) < 4.78 is 19.1. The maximum absolute atomic E-state index is 13.8. The maximum atomic E-state index is 13.8. The van der Waals surface area contributed by atoms with Crippen molar-refractivity contribution in [1.29, 1.82) is 0 Å². The van der Waals surface area contributed by atoms with Crippen molar-refractivity contribution in [2.24, 2.45) is 5.84 Å². The first-order chi connectivity index (χ1) is 9.92. The molecule has 1 aromatic heterocycles. The van der Waals surface area contributed by atoms with Gasteiger partial charge in [0.2, 0.25) is 11.8 Å². The number of nitro benzene ring substituents is 1. The lowest BCUT2D eigenvalue weighted by Crippen LogP contribution is -2.10. The van der Waals surface area contributed by atoms with E-state index in [0.717, 1.165) is 6.07 Å². The largest absolute Gasteiger partial charge is 0.434 e. The number of anilines is 1. The van der Waals surface area contributed by atoms with Crippen molar-refractivity contribution in [3.8, 4) is 11.6 Å². The Labute approximate surface area is 122 Å². The van der Waals surface area contributed by atoms with Gasteiger partial charge in [-0.05, 0) is 13.0 Å². The monoisotopic (exact) mass is 313 g/mol. The molecular formula is C11H9ClFN5O3. The highest BCUT2D eigenvalue weighted by Gasteiger charge is 2.18. The molecule has 2 rings (SSSR count). The molecule has 2 aromatic rings. The Morgan fingerprint density at radius 1 is 1.52 bits per heavy atom. The summed E-state index contributed by atoms with van der Waals surface area (Å²) in [5.74, 6) is 3.87. The average molecular weight is 314 g/mol. The average Bonchev–Trinajstić information content (AvgIpc) is 2.44. The van der Waals surface area contributed by atoms with Crippen molar-refractivity contribution in [2.45, 2.75) is 6.92 Å². The first-order valence-corrected chi connectivity index (χ1v) is 5.91. The molecule has 0 aliphatic rings. The number of nitro groups is 1. The number of ether oxygens (including phenoxy) is 1. The quantitative estimate of drug-likeness (QED) is 0.506. The molecule has 0 unspecified atom stereocenters. The number of nitrogen functional groups attached to an aromatic ring is 1.